The Balaban J connectivity index is 0.000000259. The molecule has 0 radical (unpaired) electrons. The summed E-state index contributed by atoms with van der Waals surface area (Å²) in [6.07, 6.45) is 2.19. The molecular formula is C47H61N5O10S. The number of benzene rings is 4. The molecule has 0 fully saturated rings. The summed E-state index contributed by atoms with van der Waals surface area (Å²) >= 11 is 0. The molecule has 0 saturated carbocycles. The molecule has 0 aliphatic carbocycles. The molecule has 5 rings (SSSR count). The summed E-state index contributed by atoms with van der Waals surface area (Å²) in [5.41, 5.74) is 3.60. The van der Waals surface area contributed by atoms with Gasteiger partial charge in [0.05, 0.1) is 18.1 Å². The Labute approximate surface area is 371 Å². The van der Waals surface area contributed by atoms with Gasteiger partial charge in [0.15, 0.2) is 0 Å². The van der Waals surface area contributed by atoms with Crippen LogP contribution in [0, 0.1) is 13.8 Å². The number of aryl methyl sites for hydroxylation is 2. The van der Waals surface area contributed by atoms with Crippen molar-refractivity contribution < 1.29 is 46.3 Å². The molecule has 1 heterocycles. The van der Waals surface area contributed by atoms with Gasteiger partial charge in [-0.15, -0.1) is 0 Å². The van der Waals surface area contributed by atoms with Gasteiger partial charge >= 0.3 is 18.3 Å². The van der Waals surface area contributed by atoms with Gasteiger partial charge in [-0.05, 0) is 141 Å². The maximum Gasteiger partial charge on any atom is 0.412 e. The van der Waals surface area contributed by atoms with Gasteiger partial charge in [-0.25, -0.2) is 19.4 Å². The number of aromatic nitrogens is 2. The number of aliphatic hydroxyl groups excluding tert-OH is 1. The Morgan fingerprint density at radius 1 is 0.619 bits per heavy atom. The van der Waals surface area contributed by atoms with Gasteiger partial charge in [0.2, 0.25) is 0 Å². The number of rotatable bonds is 10. The quantitative estimate of drug-likeness (QED) is 0.0769. The van der Waals surface area contributed by atoms with Gasteiger partial charge in [0, 0.05) is 36.0 Å². The van der Waals surface area contributed by atoms with Crippen molar-refractivity contribution in [3.63, 3.8) is 0 Å². The minimum atomic E-state index is -3.85. The Morgan fingerprint density at radius 3 is 1.44 bits per heavy atom. The standard InChI is InChI=1S/C19H23NO5S.C16H21N3O2.C12H17NO3/c1-14-8-10-17(11-9-14)26(22,23)24-13-15-6-5-7-16(12-15)20-18(21)25-19(2,3)4;1-12-17-8-9-19(12)11-13-6-5-7-14(10-13)18-15(20)21-16(2,3)4;1-12(2,3)16-11(15)13-10-6-4-5-9(7-10)8-14/h5-12H,13H2,1-4H3,(H,20,21);5-10H,11H2,1-4H3,(H,18,20);4-7,14H,8H2,1-3H3,(H,13,15). The van der Waals surface area contributed by atoms with E-state index in [1.165, 1.54) is 12.1 Å². The fourth-order valence-electron chi connectivity index (χ4n) is 5.18. The highest BCUT2D eigenvalue weighted by molar-refractivity contribution is 7.86. The lowest BCUT2D eigenvalue weighted by Crippen LogP contribution is -2.27. The van der Waals surface area contributed by atoms with Crippen molar-refractivity contribution in [3.05, 3.63) is 138 Å². The second kappa shape index (κ2) is 22.7. The molecule has 0 spiro atoms. The molecule has 3 amide bonds. The monoisotopic (exact) mass is 887 g/mol. The number of hydrogen-bond donors (Lipinski definition) is 4. The van der Waals surface area contributed by atoms with Gasteiger partial charge in [-0.1, -0.05) is 54.1 Å². The Kier molecular flexibility index (Phi) is 18.5. The van der Waals surface area contributed by atoms with E-state index in [2.05, 4.69) is 20.9 Å². The maximum atomic E-state index is 12.2. The van der Waals surface area contributed by atoms with Crippen LogP contribution in [0.15, 0.2) is 114 Å². The number of anilines is 3. The SMILES string of the molecule is CC(C)(C)OC(=O)Nc1cccc(CO)c1.Cc1ccc(S(=O)(=O)OCc2cccc(NC(=O)OC(C)(C)C)c2)cc1.Cc1nccn1Cc1cccc(NC(=O)OC(C)(C)C)c1. The summed E-state index contributed by atoms with van der Waals surface area (Å²) in [5.74, 6) is 0.959. The van der Waals surface area contributed by atoms with E-state index in [1.54, 1.807) is 108 Å². The van der Waals surface area contributed by atoms with Crippen LogP contribution < -0.4 is 16.0 Å². The molecule has 0 saturated heterocycles. The maximum absolute atomic E-state index is 12.2. The summed E-state index contributed by atoms with van der Waals surface area (Å²) in [7, 11) is -3.85. The molecule has 63 heavy (non-hydrogen) atoms. The van der Waals surface area contributed by atoms with E-state index in [0.717, 1.165) is 34.7 Å². The van der Waals surface area contributed by atoms with Crippen LogP contribution in [0.3, 0.4) is 0 Å². The van der Waals surface area contributed by atoms with Crippen LogP contribution in [-0.4, -0.2) is 58.2 Å². The first-order chi connectivity index (χ1) is 29.3. The van der Waals surface area contributed by atoms with Gasteiger partial charge in [0.25, 0.3) is 10.1 Å². The largest absolute Gasteiger partial charge is 0.444 e. The fraction of sp³-hybridized carbons (Fsp3) is 0.362. The number of carbonyl (C=O) groups excluding carboxylic acids is 3. The highest BCUT2D eigenvalue weighted by Crippen LogP contribution is 2.19. The number of imidazole rings is 1. The van der Waals surface area contributed by atoms with Crippen LogP contribution in [0.5, 0.6) is 0 Å². The molecule has 4 N–H and O–H groups in total. The average Bonchev–Trinajstić information content (AvgIpc) is 3.56. The molecule has 0 aliphatic heterocycles. The number of nitrogens with zero attached hydrogens (tertiary/aromatic N) is 2. The minimum absolute atomic E-state index is 0.0517. The second-order valence-corrected chi connectivity index (χ2v) is 18.9. The summed E-state index contributed by atoms with van der Waals surface area (Å²) < 4.78 is 47.1. The minimum Gasteiger partial charge on any atom is -0.444 e. The lowest BCUT2D eigenvalue weighted by Gasteiger charge is -2.19. The van der Waals surface area contributed by atoms with Crippen LogP contribution in [0.4, 0.5) is 31.4 Å². The fourth-order valence-corrected chi connectivity index (χ4v) is 6.08. The first-order valence-corrected chi connectivity index (χ1v) is 21.5. The Morgan fingerprint density at radius 2 is 1.03 bits per heavy atom. The summed E-state index contributed by atoms with van der Waals surface area (Å²) in [6, 6.07) is 27.8. The van der Waals surface area contributed by atoms with Gasteiger partial charge < -0.3 is 23.9 Å². The lowest BCUT2D eigenvalue weighted by molar-refractivity contribution is 0.0624. The third kappa shape index (κ3) is 20.5. The zero-order chi connectivity index (χ0) is 47.0. The van der Waals surface area contributed by atoms with Crippen molar-refractivity contribution in [2.45, 2.75) is 118 Å². The molecule has 1 aromatic heterocycles. The molecule has 0 unspecified atom stereocenters. The molecular weight excluding hydrogens is 827 g/mol. The summed E-state index contributed by atoms with van der Waals surface area (Å²) in [6.45, 7) is 20.6. The normalized spacial score (nSPS) is 11.4. The van der Waals surface area contributed by atoms with Crippen LogP contribution in [0.1, 0.15) is 90.4 Å². The number of aliphatic hydroxyl groups is 1. The zero-order valence-corrected chi connectivity index (χ0v) is 38.8. The summed E-state index contributed by atoms with van der Waals surface area (Å²) in [4.78, 5) is 39.3. The predicted molar refractivity (Wildman–Crippen MR) is 244 cm³/mol. The van der Waals surface area contributed by atoms with Gasteiger partial charge in [-0.2, -0.15) is 8.42 Å². The van der Waals surface area contributed by atoms with E-state index < -0.39 is 45.2 Å². The third-order valence-electron chi connectivity index (χ3n) is 7.87. The Bertz CT molecular complexity index is 2380. The zero-order valence-electron chi connectivity index (χ0n) is 37.9. The van der Waals surface area contributed by atoms with Crippen molar-refractivity contribution in [1.29, 1.82) is 0 Å². The van der Waals surface area contributed by atoms with E-state index in [4.69, 9.17) is 23.5 Å². The molecule has 5 aromatic rings. The van der Waals surface area contributed by atoms with Crippen molar-refractivity contribution in [2.75, 3.05) is 16.0 Å². The van der Waals surface area contributed by atoms with E-state index >= 15 is 0 Å². The van der Waals surface area contributed by atoms with Gasteiger partial charge in [-0.3, -0.25) is 20.1 Å². The predicted octanol–water partition coefficient (Wildman–Crippen LogP) is 10.4. The second-order valence-electron chi connectivity index (χ2n) is 17.3. The molecule has 4 aromatic carbocycles. The first kappa shape index (κ1) is 51.1. The van der Waals surface area contributed by atoms with E-state index in [-0.39, 0.29) is 18.1 Å². The lowest BCUT2D eigenvalue weighted by atomic mass is 10.2. The molecule has 0 atom stereocenters. The van der Waals surface area contributed by atoms with Crippen molar-refractivity contribution in [2.24, 2.45) is 0 Å². The van der Waals surface area contributed by atoms with E-state index in [9.17, 15) is 22.8 Å². The molecule has 16 heteroatoms. The summed E-state index contributed by atoms with van der Waals surface area (Å²) in [5, 5.41) is 16.9. The smallest absolute Gasteiger partial charge is 0.412 e. The van der Waals surface area contributed by atoms with Crippen molar-refractivity contribution in [3.8, 4) is 0 Å². The van der Waals surface area contributed by atoms with Gasteiger partial charge in [0.1, 0.15) is 22.6 Å². The van der Waals surface area contributed by atoms with E-state index in [0.29, 0.717) is 16.9 Å². The number of amides is 3. The van der Waals surface area contributed by atoms with Crippen LogP contribution >= 0.6 is 0 Å². The van der Waals surface area contributed by atoms with Crippen molar-refractivity contribution >= 4 is 45.5 Å². The first-order valence-electron chi connectivity index (χ1n) is 20.1. The number of hydrogen-bond acceptors (Lipinski definition) is 11. The number of carbonyl (C=O) groups is 3. The highest BCUT2D eigenvalue weighted by atomic mass is 32.2. The molecule has 15 nitrogen and oxygen atoms in total. The molecule has 340 valence electrons. The van der Waals surface area contributed by atoms with Crippen LogP contribution in [-0.2, 0) is 48.3 Å². The molecule has 0 bridgehead atoms. The topological polar surface area (TPSA) is 196 Å². The number of nitrogens with one attached hydrogen (secondary N) is 3. The average molecular weight is 888 g/mol. The van der Waals surface area contributed by atoms with E-state index in [1.807, 2.05) is 69.6 Å². The third-order valence-corrected chi connectivity index (χ3v) is 9.14. The Hall–Kier alpha value is -6.23. The van der Waals surface area contributed by atoms with Crippen LogP contribution in [0.25, 0.3) is 0 Å². The van der Waals surface area contributed by atoms with Crippen LogP contribution in [0.2, 0.25) is 0 Å². The number of ether oxygens (including phenoxy) is 3. The highest BCUT2D eigenvalue weighted by Gasteiger charge is 2.19. The molecule has 0 aliphatic rings. The van der Waals surface area contributed by atoms with Crippen molar-refractivity contribution in [1.82, 2.24) is 9.55 Å².